The summed E-state index contributed by atoms with van der Waals surface area (Å²) < 4.78 is 10.3. The number of alkyl carbamates (subject to hydrolysis) is 1. The second-order valence-corrected chi connectivity index (χ2v) is 6.96. The third-order valence-electron chi connectivity index (χ3n) is 3.62. The number of rotatable bonds is 4. The maximum absolute atomic E-state index is 12.5. The van der Waals surface area contributed by atoms with Crippen molar-refractivity contribution in [2.24, 2.45) is 0 Å². The van der Waals surface area contributed by atoms with Gasteiger partial charge in [0.05, 0.1) is 6.42 Å². The quantitative estimate of drug-likeness (QED) is 0.845. The fourth-order valence-electron chi connectivity index (χ4n) is 2.42. The molecule has 0 saturated carbocycles. The normalized spacial score (nSPS) is 17.0. The minimum Gasteiger partial charge on any atom is -0.444 e. The Balaban J connectivity index is 1.97. The van der Waals surface area contributed by atoms with E-state index in [0.717, 1.165) is 5.56 Å². The van der Waals surface area contributed by atoms with Crippen molar-refractivity contribution in [3.63, 3.8) is 0 Å². The number of amides is 2. The molecule has 2 amide bonds. The summed E-state index contributed by atoms with van der Waals surface area (Å²) in [5.74, 6) is -0.529. The second kappa shape index (κ2) is 7.55. The van der Waals surface area contributed by atoms with E-state index < -0.39 is 17.9 Å². The molecule has 7 nitrogen and oxygen atoms in total. The molecule has 1 fully saturated rings. The lowest BCUT2D eigenvalue weighted by atomic mass is 10.1. The van der Waals surface area contributed by atoms with Crippen LogP contribution in [0.15, 0.2) is 24.3 Å². The van der Waals surface area contributed by atoms with Crippen molar-refractivity contribution < 1.29 is 23.9 Å². The monoisotopic (exact) mass is 348 g/mol. The molecule has 1 aliphatic heterocycles. The van der Waals surface area contributed by atoms with Gasteiger partial charge in [-0.15, -0.1) is 0 Å². The summed E-state index contributed by atoms with van der Waals surface area (Å²) in [4.78, 5) is 36.9. The molecule has 0 spiro atoms. The van der Waals surface area contributed by atoms with Crippen LogP contribution in [0.2, 0.25) is 0 Å². The van der Waals surface area contributed by atoms with Gasteiger partial charge in [0.2, 0.25) is 0 Å². The molecule has 0 bridgehead atoms. The van der Waals surface area contributed by atoms with Gasteiger partial charge in [-0.25, -0.2) is 4.79 Å². The van der Waals surface area contributed by atoms with Crippen LogP contribution in [0, 0.1) is 0 Å². The first-order chi connectivity index (χ1) is 11.7. The van der Waals surface area contributed by atoms with E-state index in [-0.39, 0.29) is 18.4 Å². The van der Waals surface area contributed by atoms with Crippen molar-refractivity contribution in [1.82, 2.24) is 10.2 Å². The Hall–Kier alpha value is -2.57. The number of hydrogen-bond acceptors (Lipinski definition) is 5. The molecule has 1 N–H and O–H groups in total. The van der Waals surface area contributed by atoms with Crippen molar-refractivity contribution in [2.45, 2.75) is 52.0 Å². The lowest BCUT2D eigenvalue weighted by Crippen LogP contribution is -2.37. The molecular formula is C18H24N2O5. The molecule has 1 aromatic carbocycles. The van der Waals surface area contributed by atoms with E-state index in [9.17, 15) is 14.4 Å². The number of benzene rings is 1. The number of hydrogen-bond donors (Lipinski definition) is 1. The van der Waals surface area contributed by atoms with Crippen LogP contribution in [-0.2, 0) is 20.8 Å². The first kappa shape index (κ1) is 18.8. The zero-order chi connectivity index (χ0) is 18.6. The molecule has 0 aromatic heterocycles. The largest absolute Gasteiger partial charge is 0.444 e. The van der Waals surface area contributed by atoms with E-state index in [0.29, 0.717) is 18.4 Å². The average Bonchev–Trinajstić information content (AvgIpc) is 2.96. The number of ether oxygens (including phenoxy) is 2. The Labute approximate surface area is 147 Å². The van der Waals surface area contributed by atoms with Crippen molar-refractivity contribution in [1.29, 1.82) is 0 Å². The fraction of sp³-hybridized carbons (Fsp3) is 0.500. The smallest absolute Gasteiger partial charge is 0.407 e. The summed E-state index contributed by atoms with van der Waals surface area (Å²) in [5.41, 5.74) is 0.672. The number of nitrogens with one attached hydrogen (secondary N) is 1. The van der Waals surface area contributed by atoms with Gasteiger partial charge < -0.3 is 19.7 Å². The van der Waals surface area contributed by atoms with Crippen LogP contribution in [0.4, 0.5) is 4.79 Å². The van der Waals surface area contributed by atoms with Gasteiger partial charge in [0.25, 0.3) is 5.91 Å². The van der Waals surface area contributed by atoms with Gasteiger partial charge in [0, 0.05) is 25.6 Å². The lowest BCUT2D eigenvalue weighted by Gasteiger charge is -2.23. The Morgan fingerprint density at radius 1 is 1.36 bits per heavy atom. The number of cyclic esters (lactones) is 1. The standard InChI is InChI=1S/C18H24N2O5/c1-18(2,3)25-17(23)19-11-12-6-5-7-13(10-12)16(22)20(4)14-8-9-15(21)24-14/h5-7,10,14H,8-9,11H2,1-4H3,(H,19,23). The third kappa shape index (κ3) is 5.48. The highest BCUT2D eigenvalue weighted by atomic mass is 16.6. The van der Waals surface area contributed by atoms with E-state index in [1.165, 1.54) is 4.90 Å². The molecule has 0 aliphatic carbocycles. The SMILES string of the molecule is CN(C(=O)c1cccc(CNC(=O)OC(C)(C)C)c1)C1CCC(=O)O1. The number of carbonyl (C=O) groups excluding carboxylic acids is 3. The van der Waals surface area contributed by atoms with E-state index in [1.54, 1.807) is 46.0 Å². The predicted octanol–water partition coefficient (Wildman–Crippen LogP) is 2.45. The van der Waals surface area contributed by atoms with Crippen LogP contribution in [0.3, 0.4) is 0 Å². The molecule has 1 saturated heterocycles. The molecule has 0 radical (unpaired) electrons. The molecule has 1 aliphatic rings. The van der Waals surface area contributed by atoms with Crippen molar-refractivity contribution in [3.05, 3.63) is 35.4 Å². The first-order valence-corrected chi connectivity index (χ1v) is 8.18. The molecule has 136 valence electrons. The van der Waals surface area contributed by atoms with Gasteiger partial charge >= 0.3 is 12.1 Å². The minimum absolute atomic E-state index is 0.237. The zero-order valence-electron chi connectivity index (χ0n) is 15.0. The summed E-state index contributed by atoms with van der Waals surface area (Å²) in [5, 5.41) is 2.66. The van der Waals surface area contributed by atoms with Gasteiger partial charge in [-0.05, 0) is 38.5 Å². The van der Waals surface area contributed by atoms with Crippen molar-refractivity contribution in [3.8, 4) is 0 Å². The molecule has 1 heterocycles. The van der Waals surface area contributed by atoms with Crippen LogP contribution >= 0.6 is 0 Å². The van der Waals surface area contributed by atoms with E-state index in [1.807, 2.05) is 6.07 Å². The molecular weight excluding hydrogens is 324 g/mol. The average molecular weight is 348 g/mol. The van der Waals surface area contributed by atoms with Gasteiger partial charge in [0.15, 0.2) is 6.23 Å². The van der Waals surface area contributed by atoms with Crippen LogP contribution in [0.25, 0.3) is 0 Å². The van der Waals surface area contributed by atoms with Crippen molar-refractivity contribution in [2.75, 3.05) is 7.05 Å². The van der Waals surface area contributed by atoms with Crippen LogP contribution < -0.4 is 5.32 Å². The number of esters is 1. The first-order valence-electron chi connectivity index (χ1n) is 8.18. The van der Waals surface area contributed by atoms with Crippen LogP contribution in [0.5, 0.6) is 0 Å². The topological polar surface area (TPSA) is 84.9 Å². The minimum atomic E-state index is -0.566. The Bertz CT molecular complexity index is 666. The molecule has 1 aromatic rings. The molecule has 2 rings (SSSR count). The molecule has 1 atom stereocenters. The summed E-state index contributed by atoms with van der Waals surface area (Å²) >= 11 is 0. The number of nitrogens with zero attached hydrogens (tertiary/aromatic N) is 1. The fourth-order valence-corrected chi connectivity index (χ4v) is 2.42. The molecule has 7 heteroatoms. The zero-order valence-corrected chi connectivity index (χ0v) is 15.0. The van der Waals surface area contributed by atoms with Gasteiger partial charge in [-0.1, -0.05) is 12.1 Å². The Morgan fingerprint density at radius 2 is 2.08 bits per heavy atom. The van der Waals surface area contributed by atoms with E-state index in [2.05, 4.69) is 5.32 Å². The highest BCUT2D eigenvalue weighted by Crippen LogP contribution is 2.19. The maximum atomic E-state index is 12.5. The Kier molecular flexibility index (Phi) is 5.66. The van der Waals surface area contributed by atoms with Gasteiger partial charge in [-0.3, -0.25) is 9.59 Å². The highest BCUT2D eigenvalue weighted by molar-refractivity contribution is 5.94. The Morgan fingerprint density at radius 3 is 2.68 bits per heavy atom. The van der Waals surface area contributed by atoms with Gasteiger partial charge in [-0.2, -0.15) is 0 Å². The predicted molar refractivity (Wildman–Crippen MR) is 90.7 cm³/mol. The van der Waals surface area contributed by atoms with E-state index >= 15 is 0 Å². The second-order valence-electron chi connectivity index (χ2n) is 6.96. The molecule has 1 unspecified atom stereocenters. The lowest BCUT2D eigenvalue weighted by molar-refractivity contribution is -0.145. The maximum Gasteiger partial charge on any atom is 0.407 e. The van der Waals surface area contributed by atoms with Crippen LogP contribution in [-0.4, -0.2) is 41.7 Å². The number of carbonyl (C=O) groups is 3. The van der Waals surface area contributed by atoms with Crippen molar-refractivity contribution >= 4 is 18.0 Å². The van der Waals surface area contributed by atoms with Gasteiger partial charge in [0.1, 0.15) is 5.60 Å². The summed E-state index contributed by atoms with van der Waals surface area (Å²) in [6, 6.07) is 6.94. The summed E-state index contributed by atoms with van der Waals surface area (Å²) in [6.07, 6.45) is -0.217. The summed E-state index contributed by atoms with van der Waals surface area (Å²) in [6.45, 7) is 5.62. The van der Waals surface area contributed by atoms with E-state index in [4.69, 9.17) is 9.47 Å². The molecule has 25 heavy (non-hydrogen) atoms. The highest BCUT2D eigenvalue weighted by Gasteiger charge is 2.30. The summed E-state index contributed by atoms with van der Waals surface area (Å²) in [7, 11) is 1.61. The third-order valence-corrected chi connectivity index (χ3v) is 3.62. The van der Waals surface area contributed by atoms with Crippen LogP contribution in [0.1, 0.15) is 49.5 Å².